The van der Waals surface area contributed by atoms with Crippen molar-refractivity contribution in [2.75, 3.05) is 77.0 Å². The van der Waals surface area contributed by atoms with E-state index in [-0.39, 0.29) is 58.5 Å². The van der Waals surface area contributed by atoms with Crippen molar-refractivity contribution in [3.05, 3.63) is 213 Å². The van der Waals surface area contributed by atoms with Gasteiger partial charge in [-0.3, -0.25) is 48.8 Å². The average Bonchev–Trinajstić information content (AvgIpc) is 1.50. The van der Waals surface area contributed by atoms with Crippen LogP contribution in [0.5, 0.6) is 69.0 Å². The zero-order valence-electron chi connectivity index (χ0n) is 66.4. The minimum atomic E-state index is -0.623. The number of carbonyl (C=O) groups is 8. The predicted octanol–water partition coefficient (Wildman–Crippen LogP) is 16.4. The van der Waals surface area contributed by atoms with E-state index in [9.17, 15) is 38.4 Å². The number of urea groups is 4. The van der Waals surface area contributed by atoms with Crippen molar-refractivity contribution in [1.82, 2.24) is 52.2 Å². The summed E-state index contributed by atoms with van der Waals surface area (Å²) in [5.74, 6) is 2.82. The van der Waals surface area contributed by atoms with Gasteiger partial charge in [0, 0.05) is 120 Å². The van der Waals surface area contributed by atoms with E-state index in [1.807, 2.05) is 13.8 Å². The van der Waals surface area contributed by atoms with Crippen LogP contribution in [0, 0.1) is 0 Å². The molecule has 0 aliphatic heterocycles. The number of aromatic nitrogens is 4. The Morgan fingerprint density at radius 2 is 0.598 bits per heavy atom. The Morgan fingerprint density at radius 1 is 0.344 bits per heavy atom. The summed E-state index contributed by atoms with van der Waals surface area (Å²) >= 11 is 25.2. The summed E-state index contributed by atoms with van der Waals surface area (Å²) in [7, 11) is 8.52. The van der Waals surface area contributed by atoms with Crippen molar-refractivity contribution >= 4 is 161 Å². The van der Waals surface area contributed by atoms with Gasteiger partial charge in [-0.2, -0.15) is 0 Å². The van der Waals surface area contributed by atoms with Crippen molar-refractivity contribution in [2.24, 2.45) is 11.5 Å². The Morgan fingerprint density at radius 3 is 0.828 bits per heavy atom. The van der Waals surface area contributed by atoms with Gasteiger partial charge in [-0.25, -0.2) is 30.1 Å². The highest BCUT2D eigenvalue weighted by atomic mass is 35.5. The van der Waals surface area contributed by atoms with Crippen molar-refractivity contribution in [3.63, 3.8) is 0 Å². The summed E-state index contributed by atoms with van der Waals surface area (Å²) in [6.07, 6.45) is 10.3. The molecule has 0 bridgehead atoms. The molecule has 12 amide bonds. The molecule has 14 N–H and O–H groups in total. The molecule has 38 heteroatoms. The maximum Gasteiger partial charge on any atom is 0.319 e. The molecule has 0 unspecified atom stereocenters. The molecule has 34 nitrogen and oxygen atoms in total. The van der Waals surface area contributed by atoms with Gasteiger partial charge in [-0.1, -0.05) is 46.4 Å². The number of carbonyl (C=O) groups excluding carboxylic acids is 8. The van der Waals surface area contributed by atoms with Crippen molar-refractivity contribution in [3.8, 4) is 69.0 Å². The van der Waals surface area contributed by atoms with Gasteiger partial charge in [-0.15, -0.1) is 0 Å². The Balaban J connectivity index is 0.000000159. The van der Waals surface area contributed by atoms with Gasteiger partial charge in [0.15, 0.2) is 0 Å². The molecule has 12 aromatic rings. The van der Waals surface area contributed by atoms with Gasteiger partial charge < -0.3 is 91.9 Å². The van der Waals surface area contributed by atoms with Crippen molar-refractivity contribution < 1.29 is 85.9 Å². The van der Waals surface area contributed by atoms with Crippen LogP contribution in [0.2, 0.25) is 20.1 Å². The van der Waals surface area contributed by atoms with E-state index in [2.05, 4.69) is 73.4 Å². The molecule has 2 fully saturated rings. The molecule has 2 aliphatic carbocycles. The van der Waals surface area contributed by atoms with E-state index in [0.29, 0.717) is 169 Å². The summed E-state index contributed by atoms with van der Waals surface area (Å²) < 4.78 is 45.0. The Hall–Kier alpha value is -14.2. The SMILES string of the molecule is CCNC(=O)Nc1ccc(Oc2ccnc3cc(OC)c(C(=O)NOC)cc23)cc1Cl.CCNC(=O)Nc1ccc(Oc2ccnc3cc(OC)c(C(N)=O)cc23)cc1Cl.CONC(=O)c1cc2c(Oc3ccc(NC(=O)NC4CC4)c(Cl)c3)ccnc2cc1OC.COc1cc2nccc(Oc3ccc(NC(=O)NC4CC4)c(Cl)c3)c2cc1C(N)=O. The molecule has 4 aromatic heterocycles. The molecule has 0 radical (unpaired) electrons. The third-order valence-electron chi connectivity index (χ3n) is 17.7. The van der Waals surface area contributed by atoms with Crippen LogP contribution in [-0.2, 0) is 9.68 Å². The number of methoxy groups -OCH3 is 4. The van der Waals surface area contributed by atoms with Crippen LogP contribution in [-0.4, -0.2) is 136 Å². The standard InChI is InChI=1S/C22H21ClN4O5.C21H21ClN4O5.C21H19ClN4O4.C20H19ClN4O4/c1-30-20-11-18-14(10-15(20)21(28)27-31-2)19(7-8-24-18)32-13-5-6-17(16(23)9-13)26-22(29)25-12-3-4-12;1-4-23-21(28)25-16-6-5-12(9-15(16)22)31-18-7-8-24-17-11-19(29-2)14(10-13(17)18)20(27)26-30-3;1-29-19-10-17-13(9-14(19)20(23)27)18(6-7-24-17)30-12-4-5-16(15(22)8-12)26-21(28)25-11-2-3-11;1-3-23-20(27)25-15-5-4-11(8-14(15)21)29-17-6-7-24-16-10-18(28-2)13(19(22)26)9-12(16)17/h5-12H,3-4H2,1-2H3,(H,27,28)(H2,25,26,29);5-11H,4H2,1-3H3,(H,26,27)(H2,23,25,28);4-11H,2-3H2,1H3,(H2,23,27)(H2,25,26,28);4-10H,3H2,1-2H3,(H2,22,26)(H2,23,25,27). The largest absolute Gasteiger partial charge is 0.496 e. The van der Waals surface area contributed by atoms with Gasteiger partial charge in [0.05, 0.1) is 130 Å². The Bertz CT molecular complexity index is 5970. The number of fused-ring (bicyclic) bond motifs is 4. The van der Waals surface area contributed by atoms with Gasteiger partial charge in [-0.05, 0) is 137 Å². The lowest BCUT2D eigenvalue weighted by Gasteiger charge is -2.14. The second kappa shape index (κ2) is 41.5. The first-order valence-corrected chi connectivity index (χ1v) is 38.6. The van der Waals surface area contributed by atoms with Crippen LogP contribution in [0.3, 0.4) is 0 Å². The minimum absolute atomic E-state index is 0.220. The fraction of sp³-hybridized carbons (Fsp3) is 0.190. The molecule has 0 saturated heterocycles. The molecule has 8 aromatic carbocycles. The maximum absolute atomic E-state index is 12.3. The number of nitrogens with zero attached hydrogens (tertiary/aromatic N) is 4. The lowest BCUT2D eigenvalue weighted by atomic mass is 10.1. The number of hydrogen-bond acceptors (Lipinski definition) is 22. The molecule has 2 aliphatic rings. The van der Waals surface area contributed by atoms with Crippen LogP contribution >= 0.6 is 46.4 Å². The average molecular weight is 1740 g/mol. The lowest BCUT2D eigenvalue weighted by Crippen LogP contribution is -2.30. The first-order valence-electron chi connectivity index (χ1n) is 37.1. The molecule has 14 rings (SSSR count). The smallest absolute Gasteiger partial charge is 0.319 e. The number of rotatable bonds is 26. The second-order valence-electron chi connectivity index (χ2n) is 26.2. The molecule has 0 spiro atoms. The zero-order chi connectivity index (χ0) is 87.3. The summed E-state index contributed by atoms with van der Waals surface area (Å²) in [6.45, 7) is 4.63. The number of halogens is 4. The summed E-state index contributed by atoms with van der Waals surface area (Å²) in [4.78, 5) is 122. The Labute approximate surface area is 716 Å². The van der Waals surface area contributed by atoms with Crippen molar-refractivity contribution in [2.45, 2.75) is 51.6 Å². The second-order valence-corrected chi connectivity index (χ2v) is 27.8. The maximum atomic E-state index is 12.3. The van der Waals surface area contributed by atoms with E-state index in [0.717, 1.165) is 25.7 Å². The lowest BCUT2D eigenvalue weighted by molar-refractivity contribution is 0.0530. The summed E-state index contributed by atoms with van der Waals surface area (Å²) in [5, 5.41) is 25.3. The third-order valence-corrected chi connectivity index (χ3v) is 18.9. The first-order chi connectivity index (χ1) is 58.8. The van der Waals surface area contributed by atoms with Gasteiger partial charge in [0.1, 0.15) is 69.0 Å². The zero-order valence-corrected chi connectivity index (χ0v) is 69.4. The predicted molar refractivity (Wildman–Crippen MR) is 461 cm³/mol. The molecule has 4 heterocycles. The van der Waals surface area contributed by atoms with E-state index in [1.165, 1.54) is 42.7 Å². The fourth-order valence-corrected chi connectivity index (χ4v) is 12.5. The quantitative estimate of drug-likeness (QED) is 0.0224. The number of benzene rings is 8. The van der Waals surface area contributed by atoms with Crippen LogP contribution in [0.4, 0.5) is 41.9 Å². The highest BCUT2D eigenvalue weighted by Crippen LogP contribution is 2.42. The fourth-order valence-electron chi connectivity index (χ4n) is 11.6. The number of hydrogen-bond donors (Lipinski definition) is 12. The number of nitrogens with one attached hydrogen (secondary N) is 10. The van der Waals surface area contributed by atoms with Crippen molar-refractivity contribution in [1.29, 1.82) is 0 Å². The van der Waals surface area contributed by atoms with Crippen LogP contribution in [0.15, 0.2) is 170 Å². The number of nitrogens with two attached hydrogens (primary N) is 2. The van der Waals surface area contributed by atoms with E-state index < -0.39 is 23.6 Å². The van der Waals surface area contributed by atoms with E-state index in [1.54, 1.807) is 170 Å². The summed E-state index contributed by atoms with van der Waals surface area (Å²) in [6, 6.07) is 38.4. The number of hydroxylamine groups is 2. The van der Waals surface area contributed by atoms with Crippen LogP contribution in [0.25, 0.3) is 43.6 Å². The van der Waals surface area contributed by atoms with Gasteiger partial charge in [0.2, 0.25) is 0 Å². The number of pyridine rings is 4. The van der Waals surface area contributed by atoms with Crippen LogP contribution < -0.4 is 103 Å². The minimum Gasteiger partial charge on any atom is -0.496 e. The molecule has 2 saturated carbocycles. The molecule has 632 valence electrons. The molecular weight excluding hydrogens is 1660 g/mol. The van der Waals surface area contributed by atoms with E-state index >= 15 is 0 Å². The molecule has 122 heavy (non-hydrogen) atoms. The summed E-state index contributed by atoms with van der Waals surface area (Å²) in [5.41, 5.74) is 20.6. The molecular formula is C84H80Cl4N16O18. The highest BCUT2D eigenvalue weighted by Gasteiger charge is 2.27. The Kier molecular flexibility index (Phi) is 30.1. The topological polar surface area (TPSA) is 453 Å². The van der Waals surface area contributed by atoms with E-state index in [4.69, 9.17) is 105 Å². The number of amides is 12. The first kappa shape index (κ1) is 88.6. The third kappa shape index (κ3) is 23.2. The number of ether oxygens (including phenoxy) is 8. The number of primary amides is 2. The molecule has 0 atom stereocenters. The normalized spacial score (nSPS) is 11.7. The number of anilines is 4. The van der Waals surface area contributed by atoms with Gasteiger partial charge in [0.25, 0.3) is 23.6 Å². The van der Waals surface area contributed by atoms with Gasteiger partial charge >= 0.3 is 24.1 Å². The monoisotopic (exact) mass is 1740 g/mol. The highest BCUT2D eigenvalue weighted by molar-refractivity contribution is 6.35. The van der Waals surface area contributed by atoms with Crippen LogP contribution in [0.1, 0.15) is 81.0 Å².